The van der Waals surface area contributed by atoms with Crippen LogP contribution in [-0.2, 0) is 10.0 Å². The van der Waals surface area contributed by atoms with Gasteiger partial charge >= 0.3 is 0 Å². The van der Waals surface area contributed by atoms with Crippen LogP contribution in [0.5, 0.6) is 0 Å². The third kappa shape index (κ3) is 4.28. The molecule has 0 radical (unpaired) electrons. The summed E-state index contributed by atoms with van der Waals surface area (Å²) in [7, 11) is -3.29. The molecule has 1 heterocycles. The quantitative estimate of drug-likeness (QED) is 0.822. The van der Waals surface area contributed by atoms with Gasteiger partial charge in [-0.1, -0.05) is 6.07 Å². The van der Waals surface area contributed by atoms with Gasteiger partial charge in [0.15, 0.2) is 0 Å². The third-order valence-electron chi connectivity index (χ3n) is 3.14. The van der Waals surface area contributed by atoms with Crippen LogP contribution in [0, 0.1) is 0 Å². The van der Waals surface area contributed by atoms with E-state index in [2.05, 4.69) is 9.62 Å². The first-order valence-electron chi connectivity index (χ1n) is 6.52. The maximum atomic E-state index is 11.8. The Kier molecular flexibility index (Phi) is 4.93. The van der Waals surface area contributed by atoms with Gasteiger partial charge in [0.25, 0.3) is 0 Å². The molecule has 0 aromatic heterocycles. The molecule has 0 unspecified atom stereocenters. The molecule has 1 fully saturated rings. The molecule has 4 nitrogen and oxygen atoms in total. The van der Waals surface area contributed by atoms with Crippen molar-refractivity contribution in [2.75, 3.05) is 34.3 Å². The highest BCUT2D eigenvalue weighted by Crippen LogP contribution is 2.23. The fourth-order valence-electron chi connectivity index (χ4n) is 2.22. The van der Waals surface area contributed by atoms with Gasteiger partial charge in [0.1, 0.15) is 0 Å². The van der Waals surface area contributed by atoms with E-state index < -0.39 is 10.0 Å². The number of anilines is 2. The Hall–Kier alpha value is -0.940. The molecule has 6 heteroatoms. The van der Waals surface area contributed by atoms with E-state index in [1.54, 1.807) is 6.07 Å². The average molecular weight is 303 g/mol. The molecular formula is C13H19ClN2O2S. The first-order valence-corrected chi connectivity index (χ1v) is 8.71. The molecule has 1 aromatic carbocycles. The van der Waals surface area contributed by atoms with Crippen molar-refractivity contribution in [3.05, 3.63) is 24.3 Å². The molecule has 0 spiro atoms. The van der Waals surface area contributed by atoms with E-state index in [4.69, 9.17) is 11.6 Å². The monoisotopic (exact) mass is 302 g/mol. The average Bonchev–Trinajstić information content (AvgIpc) is 2.90. The van der Waals surface area contributed by atoms with Crippen molar-refractivity contribution in [1.29, 1.82) is 0 Å². The van der Waals surface area contributed by atoms with E-state index in [1.807, 2.05) is 18.2 Å². The number of benzene rings is 1. The Morgan fingerprint density at radius 2 is 2.00 bits per heavy atom. The van der Waals surface area contributed by atoms with Crippen LogP contribution in [0.4, 0.5) is 11.4 Å². The SMILES string of the molecule is O=S(=O)(CCCCl)Nc1cccc(N2CCCC2)c1. The summed E-state index contributed by atoms with van der Waals surface area (Å²) < 4.78 is 26.2. The standard InChI is InChI=1S/C13H19ClN2O2S/c14-7-4-10-19(17,18)15-12-5-3-6-13(11-12)16-8-1-2-9-16/h3,5-6,11,15H,1-2,4,7-10H2. The highest BCUT2D eigenvalue weighted by Gasteiger charge is 2.14. The second kappa shape index (κ2) is 6.48. The van der Waals surface area contributed by atoms with Crippen LogP contribution in [0.15, 0.2) is 24.3 Å². The second-order valence-electron chi connectivity index (χ2n) is 4.71. The number of sulfonamides is 1. The van der Waals surface area contributed by atoms with Crippen LogP contribution < -0.4 is 9.62 Å². The Bertz CT molecular complexity index is 513. The van der Waals surface area contributed by atoms with Crippen molar-refractivity contribution < 1.29 is 8.42 Å². The zero-order valence-electron chi connectivity index (χ0n) is 10.8. The van der Waals surface area contributed by atoms with E-state index in [9.17, 15) is 8.42 Å². The number of rotatable bonds is 6. The lowest BCUT2D eigenvalue weighted by Crippen LogP contribution is -2.19. The lowest BCUT2D eigenvalue weighted by Gasteiger charge is -2.18. The van der Waals surface area contributed by atoms with Crippen molar-refractivity contribution in [3.63, 3.8) is 0 Å². The summed E-state index contributed by atoms with van der Waals surface area (Å²) in [5.41, 5.74) is 1.70. The molecule has 19 heavy (non-hydrogen) atoms. The largest absolute Gasteiger partial charge is 0.371 e. The Balaban J connectivity index is 2.06. The number of nitrogens with zero attached hydrogens (tertiary/aromatic N) is 1. The first kappa shape index (κ1) is 14.5. The van der Waals surface area contributed by atoms with E-state index in [0.717, 1.165) is 18.8 Å². The van der Waals surface area contributed by atoms with Crippen LogP contribution in [0.2, 0.25) is 0 Å². The van der Waals surface area contributed by atoms with Crippen molar-refractivity contribution >= 4 is 33.0 Å². The molecule has 1 aliphatic heterocycles. The lowest BCUT2D eigenvalue weighted by molar-refractivity contribution is 0.600. The summed E-state index contributed by atoms with van der Waals surface area (Å²) in [6.07, 6.45) is 2.86. The zero-order valence-corrected chi connectivity index (χ0v) is 12.4. The predicted molar refractivity (Wildman–Crippen MR) is 80.6 cm³/mol. The summed E-state index contributed by atoms with van der Waals surface area (Å²) in [5.74, 6) is 0.416. The number of nitrogens with one attached hydrogen (secondary N) is 1. The van der Waals surface area contributed by atoms with Gasteiger partial charge in [0.05, 0.1) is 11.4 Å². The minimum atomic E-state index is -3.29. The van der Waals surface area contributed by atoms with Crippen LogP contribution in [0.1, 0.15) is 19.3 Å². The van der Waals surface area contributed by atoms with Gasteiger partial charge in [-0.3, -0.25) is 4.72 Å². The smallest absolute Gasteiger partial charge is 0.232 e. The number of alkyl halides is 1. The highest BCUT2D eigenvalue weighted by atomic mass is 35.5. The maximum absolute atomic E-state index is 11.8. The molecule has 0 bridgehead atoms. The topological polar surface area (TPSA) is 49.4 Å². The van der Waals surface area contributed by atoms with Gasteiger partial charge in [-0.2, -0.15) is 0 Å². The van der Waals surface area contributed by atoms with Gasteiger partial charge in [-0.05, 0) is 37.5 Å². The van der Waals surface area contributed by atoms with Gasteiger partial charge < -0.3 is 4.90 Å². The lowest BCUT2D eigenvalue weighted by atomic mass is 10.2. The van der Waals surface area contributed by atoms with Crippen molar-refractivity contribution in [1.82, 2.24) is 0 Å². The minimum Gasteiger partial charge on any atom is -0.371 e. The molecule has 0 saturated carbocycles. The number of hydrogen-bond acceptors (Lipinski definition) is 3. The van der Waals surface area contributed by atoms with E-state index in [0.29, 0.717) is 18.0 Å². The minimum absolute atomic E-state index is 0.0600. The van der Waals surface area contributed by atoms with E-state index in [-0.39, 0.29) is 5.75 Å². The summed E-state index contributed by atoms with van der Waals surface area (Å²) in [5, 5.41) is 0. The van der Waals surface area contributed by atoms with Crippen molar-refractivity contribution in [3.8, 4) is 0 Å². The molecule has 0 amide bonds. The van der Waals surface area contributed by atoms with Gasteiger partial charge in [0.2, 0.25) is 10.0 Å². The number of halogens is 1. The number of hydrogen-bond donors (Lipinski definition) is 1. The third-order valence-corrected chi connectivity index (χ3v) is 4.78. The molecular weight excluding hydrogens is 284 g/mol. The Morgan fingerprint density at radius 1 is 1.26 bits per heavy atom. The van der Waals surface area contributed by atoms with Crippen molar-refractivity contribution in [2.24, 2.45) is 0 Å². The van der Waals surface area contributed by atoms with Gasteiger partial charge in [0, 0.05) is 24.7 Å². The fraction of sp³-hybridized carbons (Fsp3) is 0.538. The van der Waals surface area contributed by atoms with Crippen molar-refractivity contribution in [2.45, 2.75) is 19.3 Å². The summed E-state index contributed by atoms with van der Waals surface area (Å²) in [4.78, 5) is 2.27. The van der Waals surface area contributed by atoms with E-state index in [1.165, 1.54) is 12.8 Å². The van der Waals surface area contributed by atoms with Gasteiger partial charge in [-0.25, -0.2) is 8.42 Å². The maximum Gasteiger partial charge on any atom is 0.232 e. The summed E-state index contributed by atoms with van der Waals surface area (Å²) in [6.45, 7) is 2.09. The van der Waals surface area contributed by atoms with Crippen LogP contribution >= 0.6 is 11.6 Å². The van der Waals surface area contributed by atoms with Crippen LogP contribution in [0.3, 0.4) is 0 Å². The van der Waals surface area contributed by atoms with Crippen LogP contribution in [0.25, 0.3) is 0 Å². The molecule has 0 aliphatic carbocycles. The zero-order chi connectivity index (χ0) is 13.7. The molecule has 1 aliphatic rings. The molecule has 1 saturated heterocycles. The fourth-order valence-corrected chi connectivity index (χ4v) is 3.62. The Labute approximate surface area is 119 Å². The second-order valence-corrected chi connectivity index (χ2v) is 6.93. The molecule has 106 valence electrons. The predicted octanol–water partition coefficient (Wildman–Crippen LogP) is 2.66. The molecule has 0 atom stereocenters. The summed E-state index contributed by atoms with van der Waals surface area (Å²) >= 11 is 5.52. The molecule has 1 N–H and O–H groups in total. The summed E-state index contributed by atoms with van der Waals surface area (Å²) in [6, 6.07) is 7.57. The first-order chi connectivity index (χ1) is 9.11. The van der Waals surface area contributed by atoms with E-state index >= 15 is 0 Å². The molecule has 1 aromatic rings. The highest BCUT2D eigenvalue weighted by molar-refractivity contribution is 7.92. The van der Waals surface area contributed by atoms with Crippen LogP contribution in [-0.4, -0.2) is 33.1 Å². The Morgan fingerprint density at radius 3 is 2.68 bits per heavy atom. The van der Waals surface area contributed by atoms with Gasteiger partial charge in [-0.15, -0.1) is 11.6 Å². The molecule has 2 rings (SSSR count). The normalized spacial score (nSPS) is 15.7.